The van der Waals surface area contributed by atoms with E-state index in [0.717, 1.165) is 29.8 Å². The van der Waals surface area contributed by atoms with Crippen molar-refractivity contribution in [3.05, 3.63) is 47.4 Å². The molecule has 0 unspecified atom stereocenters. The van der Waals surface area contributed by atoms with Crippen molar-refractivity contribution >= 4 is 17.2 Å². The Bertz CT molecular complexity index is 837. The fourth-order valence-corrected chi connectivity index (χ4v) is 3.84. The van der Waals surface area contributed by atoms with E-state index in [4.69, 9.17) is 4.42 Å². The molecule has 0 aliphatic carbocycles. The molecule has 3 aromatic rings. The summed E-state index contributed by atoms with van der Waals surface area (Å²) < 4.78 is 7.28. The van der Waals surface area contributed by atoms with Crippen molar-refractivity contribution in [2.24, 2.45) is 7.05 Å². The SMILES string of the molecule is Cn1cc([C@H]2CCCN2C(=O)Cc2coc(-c3cccs3)n2)cn1. The van der Waals surface area contributed by atoms with Crippen LogP contribution in [-0.2, 0) is 18.3 Å². The van der Waals surface area contributed by atoms with Gasteiger partial charge in [0, 0.05) is 25.4 Å². The molecule has 24 heavy (non-hydrogen) atoms. The first-order valence-corrected chi connectivity index (χ1v) is 8.85. The second-order valence-corrected chi connectivity index (χ2v) is 6.94. The van der Waals surface area contributed by atoms with Crippen LogP contribution in [0.1, 0.15) is 30.1 Å². The number of rotatable bonds is 4. The first-order valence-electron chi connectivity index (χ1n) is 7.97. The number of nitrogens with zero attached hydrogens (tertiary/aromatic N) is 4. The highest BCUT2D eigenvalue weighted by Crippen LogP contribution is 2.32. The van der Waals surface area contributed by atoms with Crippen molar-refractivity contribution in [2.75, 3.05) is 6.54 Å². The van der Waals surface area contributed by atoms with Crippen LogP contribution < -0.4 is 0 Å². The van der Waals surface area contributed by atoms with Crippen LogP contribution in [0, 0.1) is 0 Å². The largest absolute Gasteiger partial charge is 0.444 e. The minimum absolute atomic E-state index is 0.0902. The predicted molar refractivity (Wildman–Crippen MR) is 90.4 cm³/mol. The average Bonchev–Trinajstić information content (AvgIpc) is 3.34. The van der Waals surface area contributed by atoms with Crippen LogP contribution in [0.25, 0.3) is 10.8 Å². The van der Waals surface area contributed by atoms with Crippen LogP contribution in [-0.4, -0.2) is 32.1 Å². The van der Waals surface area contributed by atoms with Gasteiger partial charge in [0.25, 0.3) is 0 Å². The molecular weight excluding hydrogens is 324 g/mol. The second-order valence-electron chi connectivity index (χ2n) is 5.99. The Labute approximate surface area is 143 Å². The number of aryl methyl sites for hydroxylation is 1. The summed E-state index contributed by atoms with van der Waals surface area (Å²) in [4.78, 5) is 20.1. The summed E-state index contributed by atoms with van der Waals surface area (Å²) >= 11 is 1.57. The van der Waals surface area contributed by atoms with Gasteiger partial charge < -0.3 is 9.32 Å². The quantitative estimate of drug-likeness (QED) is 0.731. The van der Waals surface area contributed by atoms with Crippen molar-refractivity contribution in [3.63, 3.8) is 0 Å². The fraction of sp³-hybridized carbons (Fsp3) is 0.353. The van der Waals surface area contributed by atoms with E-state index in [-0.39, 0.29) is 18.4 Å². The minimum Gasteiger partial charge on any atom is -0.444 e. The predicted octanol–water partition coefficient (Wildman–Crippen LogP) is 3.04. The van der Waals surface area contributed by atoms with Gasteiger partial charge in [-0.2, -0.15) is 5.10 Å². The molecule has 7 heteroatoms. The maximum Gasteiger partial charge on any atom is 0.236 e. The second kappa shape index (κ2) is 6.24. The van der Waals surface area contributed by atoms with Gasteiger partial charge in [-0.25, -0.2) is 4.98 Å². The zero-order valence-electron chi connectivity index (χ0n) is 13.4. The Hall–Kier alpha value is -2.41. The third-order valence-corrected chi connectivity index (χ3v) is 5.16. The van der Waals surface area contributed by atoms with E-state index >= 15 is 0 Å². The number of amides is 1. The van der Waals surface area contributed by atoms with Crippen molar-refractivity contribution in [1.29, 1.82) is 0 Å². The monoisotopic (exact) mass is 342 g/mol. The van der Waals surface area contributed by atoms with Crippen molar-refractivity contribution in [3.8, 4) is 10.8 Å². The lowest BCUT2D eigenvalue weighted by Crippen LogP contribution is -2.31. The van der Waals surface area contributed by atoms with E-state index in [2.05, 4.69) is 10.1 Å². The van der Waals surface area contributed by atoms with E-state index in [9.17, 15) is 4.79 Å². The maximum atomic E-state index is 12.7. The van der Waals surface area contributed by atoms with Crippen molar-refractivity contribution in [2.45, 2.75) is 25.3 Å². The number of hydrogen-bond acceptors (Lipinski definition) is 5. The summed E-state index contributed by atoms with van der Waals surface area (Å²) in [5, 5.41) is 6.20. The van der Waals surface area contributed by atoms with E-state index in [1.807, 2.05) is 41.9 Å². The lowest BCUT2D eigenvalue weighted by molar-refractivity contribution is -0.131. The Morgan fingerprint density at radius 3 is 3.17 bits per heavy atom. The third-order valence-electron chi connectivity index (χ3n) is 4.30. The molecule has 0 N–H and O–H groups in total. The van der Waals surface area contributed by atoms with Crippen LogP contribution in [0.4, 0.5) is 0 Å². The standard InChI is InChI=1S/C17H18N4O2S/c1-20-10-12(9-18-20)14-4-2-6-21(14)16(22)8-13-11-23-17(19-13)15-5-3-7-24-15/h3,5,7,9-11,14H,2,4,6,8H2,1H3/t14-/m1/s1. The van der Waals surface area contributed by atoms with Gasteiger partial charge in [0.1, 0.15) is 6.26 Å². The lowest BCUT2D eigenvalue weighted by atomic mass is 10.1. The maximum absolute atomic E-state index is 12.7. The molecule has 1 amide bonds. The summed E-state index contributed by atoms with van der Waals surface area (Å²) in [6.45, 7) is 0.786. The highest BCUT2D eigenvalue weighted by molar-refractivity contribution is 7.13. The summed E-state index contributed by atoms with van der Waals surface area (Å²) in [6.07, 6.45) is 7.69. The molecule has 1 aliphatic heterocycles. The highest BCUT2D eigenvalue weighted by Gasteiger charge is 2.31. The van der Waals surface area contributed by atoms with Gasteiger partial charge in [-0.3, -0.25) is 9.48 Å². The van der Waals surface area contributed by atoms with Gasteiger partial charge in [-0.1, -0.05) is 6.07 Å². The first kappa shape index (κ1) is 15.1. The van der Waals surface area contributed by atoms with Gasteiger partial charge in [0.2, 0.25) is 11.8 Å². The summed E-state index contributed by atoms with van der Waals surface area (Å²) in [6, 6.07) is 4.04. The molecule has 124 valence electrons. The Morgan fingerprint density at radius 1 is 1.50 bits per heavy atom. The topological polar surface area (TPSA) is 64.2 Å². The molecule has 1 fully saturated rings. The van der Waals surface area contributed by atoms with Gasteiger partial charge in [-0.05, 0) is 24.3 Å². The Kier molecular flexibility index (Phi) is 3.93. The number of thiophene rings is 1. The number of hydrogen-bond donors (Lipinski definition) is 0. The Balaban J connectivity index is 1.47. The molecule has 6 nitrogen and oxygen atoms in total. The smallest absolute Gasteiger partial charge is 0.236 e. The zero-order valence-corrected chi connectivity index (χ0v) is 14.2. The van der Waals surface area contributed by atoms with Crippen LogP contribution in [0.5, 0.6) is 0 Å². The summed E-state index contributed by atoms with van der Waals surface area (Å²) in [7, 11) is 1.89. The molecule has 0 aromatic carbocycles. The van der Waals surface area contributed by atoms with E-state index in [1.54, 1.807) is 22.3 Å². The number of aromatic nitrogens is 3. The highest BCUT2D eigenvalue weighted by atomic mass is 32.1. The fourth-order valence-electron chi connectivity index (χ4n) is 3.18. The van der Waals surface area contributed by atoms with E-state index < -0.39 is 0 Å². The van der Waals surface area contributed by atoms with Gasteiger partial charge in [0.05, 0.1) is 29.2 Å². The van der Waals surface area contributed by atoms with Crippen LogP contribution in [0.15, 0.2) is 40.6 Å². The van der Waals surface area contributed by atoms with Crippen LogP contribution in [0.2, 0.25) is 0 Å². The summed E-state index contributed by atoms with van der Waals surface area (Å²) in [5.74, 6) is 0.672. The molecule has 1 atom stereocenters. The number of likely N-dealkylation sites (tertiary alicyclic amines) is 1. The normalized spacial score (nSPS) is 17.5. The van der Waals surface area contributed by atoms with E-state index in [0.29, 0.717) is 11.6 Å². The summed E-state index contributed by atoms with van der Waals surface area (Å²) in [5.41, 5.74) is 1.78. The van der Waals surface area contributed by atoms with Gasteiger partial charge in [0.15, 0.2) is 0 Å². The molecule has 1 aliphatic rings. The molecule has 1 saturated heterocycles. The molecule has 0 spiro atoms. The molecule has 0 radical (unpaired) electrons. The Morgan fingerprint density at radius 2 is 2.42 bits per heavy atom. The first-order chi connectivity index (χ1) is 11.7. The number of oxazole rings is 1. The van der Waals surface area contributed by atoms with Crippen molar-refractivity contribution < 1.29 is 9.21 Å². The minimum atomic E-state index is 0.0902. The molecule has 3 aromatic heterocycles. The van der Waals surface area contributed by atoms with Gasteiger partial charge in [-0.15, -0.1) is 11.3 Å². The molecule has 0 saturated carbocycles. The third kappa shape index (κ3) is 2.87. The number of carbonyl (C=O) groups excluding carboxylic acids is 1. The molecular formula is C17H18N4O2S. The number of carbonyl (C=O) groups is 1. The van der Waals surface area contributed by atoms with Crippen LogP contribution >= 0.6 is 11.3 Å². The lowest BCUT2D eigenvalue weighted by Gasteiger charge is -2.23. The van der Waals surface area contributed by atoms with E-state index in [1.165, 1.54) is 0 Å². The van der Waals surface area contributed by atoms with Crippen molar-refractivity contribution in [1.82, 2.24) is 19.7 Å². The molecule has 0 bridgehead atoms. The average molecular weight is 342 g/mol. The zero-order chi connectivity index (χ0) is 16.5. The molecule has 4 rings (SSSR count). The molecule has 4 heterocycles. The van der Waals surface area contributed by atoms with Crippen LogP contribution in [0.3, 0.4) is 0 Å². The van der Waals surface area contributed by atoms with Gasteiger partial charge >= 0.3 is 0 Å².